The lowest BCUT2D eigenvalue weighted by Crippen LogP contribution is -2.31. The first kappa shape index (κ1) is 17.0. The zero-order valence-electron chi connectivity index (χ0n) is 14.5. The number of hydrogen-bond donors (Lipinski definition) is 1. The van der Waals surface area contributed by atoms with Crippen molar-refractivity contribution in [2.75, 3.05) is 20.2 Å². The molecule has 0 aromatic heterocycles. The summed E-state index contributed by atoms with van der Waals surface area (Å²) in [6, 6.07) is 9.88. The first-order chi connectivity index (χ1) is 13.1. The van der Waals surface area contributed by atoms with Gasteiger partial charge in [0.15, 0.2) is 29.6 Å². The maximum Gasteiger partial charge on any atom is 0.338 e. The number of fused-ring (bicyclic) bond motifs is 2. The highest BCUT2D eigenvalue weighted by atomic mass is 16.7. The monoisotopic (exact) mass is 371 g/mol. The first-order valence-corrected chi connectivity index (χ1v) is 8.36. The minimum absolute atomic E-state index is 0.119. The van der Waals surface area contributed by atoms with Crippen molar-refractivity contribution in [2.24, 2.45) is 0 Å². The van der Waals surface area contributed by atoms with E-state index in [1.807, 2.05) is 19.1 Å². The average Bonchev–Trinajstić information content (AvgIpc) is 3.33. The number of amides is 1. The Morgan fingerprint density at radius 3 is 2.33 bits per heavy atom. The van der Waals surface area contributed by atoms with Crippen LogP contribution < -0.4 is 24.3 Å². The molecule has 0 radical (unpaired) electrons. The van der Waals surface area contributed by atoms with Crippen LogP contribution in [0.1, 0.15) is 28.9 Å². The second-order valence-corrected chi connectivity index (χ2v) is 6.05. The minimum Gasteiger partial charge on any atom is -0.454 e. The predicted molar refractivity (Wildman–Crippen MR) is 92.0 cm³/mol. The summed E-state index contributed by atoms with van der Waals surface area (Å²) in [6.45, 7) is 1.75. The zero-order valence-corrected chi connectivity index (χ0v) is 14.5. The molecule has 1 unspecified atom stereocenters. The quantitative estimate of drug-likeness (QED) is 0.806. The fourth-order valence-electron chi connectivity index (χ4n) is 2.79. The largest absolute Gasteiger partial charge is 0.454 e. The van der Waals surface area contributed by atoms with Gasteiger partial charge in [0.25, 0.3) is 5.91 Å². The van der Waals surface area contributed by atoms with Gasteiger partial charge in [0.2, 0.25) is 13.6 Å². The van der Waals surface area contributed by atoms with E-state index in [1.54, 1.807) is 18.2 Å². The number of nitrogens with one attached hydrogen (secondary N) is 1. The van der Waals surface area contributed by atoms with E-state index in [2.05, 4.69) is 5.32 Å². The number of rotatable bonds is 5. The van der Waals surface area contributed by atoms with Crippen LogP contribution in [0.5, 0.6) is 23.0 Å². The summed E-state index contributed by atoms with van der Waals surface area (Å²) in [7, 11) is 0. The highest BCUT2D eigenvalue weighted by molar-refractivity contribution is 5.92. The van der Waals surface area contributed by atoms with Gasteiger partial charge in [-0.05, 0) is 42.8 Å². The molecule has 1 amide bonds. The fraction of sp³-hybridized carbons (Fsp3) is 0.263. The van der Waals surface area contributed by atoms with Crippen LogP contribution in [0, 0.1) is 0 Å². The van der Waals surface area contributed by atoms with E-state index in [9.17, 15) is 9.59 Å². The second-order valence-electron chi connectivity index (χ2n) is 6.05. The van der Waals surface area contributed by atoms with E-state index >= 15 is 0 Å². The first-order valence-electron chi connectivity index (χ1n) is 8.36. The van der Waals surface area contributed by atoms with Crippen molar-refractivity contribution in [1.29, 1.82) is 0 Å². The van der Waals surface area contributed by atoms with Crippen molar-refractivity contribution in [1.82, 2.24) is 5.32 Å². The third-order valence-electron chi connectivity index (χ3n) is 4.22. The molecule has 0 saturated carbocycles. The molecule has 2 aliphatic rings. The van der Waals surface area contributed by atoms with Crippen LogP contribution in [0.2, 0.25) is 0 Å². The summed E-state index contributed by atoms with van der Waals surface area (Å²) in [5, 5.41) is 2.78. The molecule has 2 heterocycles. The van der Waals surface area contributed by atoms with Crippen molar-refractivity contribution in [3.8, 4) is 23.0 Å². The second kappa shape index (κ2) is 7.06. The molecule has 4 rings (SSSR count). The average molecular weight is 371 g/mol. The topological polar surface area (TPSA) is 92.3 Å². The minimum atomic E-state index is -0.612. The smallest absolute Gasteiger partial charge is 0.338 e. The molecule has 1 atom stereocenters. The summed E-state index contributed by atoms with van der Waals surface area (Å²) in [6.07, 6.45) is 0. The van der Waals surface area contributed by atoms with Gasteiger partial charge in [-0.2, -0.15) is 0 Å². The van der Waals surface area contributed by atoms with Gasteiger partial charge in [-0.15, -0.1) is 0 Å². The molecule has 8 heteroatoms. The fourth-order valence-corrected chi connectivity index (χ4v) is 2.79. The third kappa shape index (κ3) is 3.59. The molecule has 140 valence electrons. The van der Waals surface area contributed by atoms with E-state index < -0.39 is 11.9 Å². The van der Waals surface area contributed by atoms with Gasteiger partial charge in [-0.25, -0.2) is 4.79 Å². The summed E-state index contributed by atoms with van der Waals surface area (Å²) in [5.74, 6) is 1.35. The summed E-state index contributed by atoms with van der Waals surface area (Å²) in [4.78, 5) is 24.2. The van der Waals surface area contributed by atoms with Crippen molar-refractivity contribution < 1.29 is 33.3 Å². The number of esters is 1. The molecular formula is C19H17NO7. The van der Waals surface area contributed by atoms with Crippen LogP contribution in [0.25, 0.3) is 0 Å². The molecule has 2 aliphatic heterocycles. The lowest BCUT2D eigenvalue weighted by molar-refractivity contribution is -0.124. The highest BCUT2D eigenvalue weighted by Gasteiger charge is 2.19. The van der Waals surface area contributed by atoms with Gasteiger partial charge in [0.05, 0.1) is 11.6 Å². The number of carbonyl (C=O) groups is 2. The lowest BCUT2D eigenvalue weighted by Gasteiger charge is -2.15. The molecule has 0 fully saturated rings. The van der Waals surface area contributed by atoms with Crippen molar-refractivity contribution >= 4 is 11.9 Å². The summed E-state index contributed by atoms with van der Waals surface area (Å²) in [5.41, 5.74) is 1.14. The van der Waals surface area contributed by atoms with Crippen molar-refractivity contribution in [2.45, 2.75) is 13.0 Å². The Hall–Kier alpha value is -3.42. The molecule has 0 spiro atoms. The van der Waals surface area contributed by atoms with Gasteiger partial charge in [0.1, 0.15) is 0 Å². The van der Waals surface area contributed by atoms with Crippen LogP contribution >= 0.6 is 0 Å². The molecule has 0 bridgehead atoms. The van der Waals surface area contributed by atoms with Gasteiger partial charge in [-0.3, -0.25) is 4.79 Å². The normalized spacial score (nSPS) is 14.6. The Bertz CT molecular complexity index is 896. The molecule has 0 saturated heterocycles. The summed E-state index contributed by atoms with van der Waals surface area (Å²) >= 11 is 0. The van der Waals surface area contributed by atoms with E-state index in [-0.39, 0.29) is 31.8 Å². The molecule has 27 heavy (non-hydrogen) atoms. The maximum atomic E-state index is 12.1. The van der Waals surface area contributed by atoms with E-state index in [1.165, 1.54) is 6.07 Å². The highest BCUT2D eigenvalue weighted by Crippen LogP contribution is 2.34. The number of carbonyl (C=O) groups excluding carboxylic acids is 2. The Labute approximate surface area is 154 Å². The Balaban J connectivity index is 1.31. The Morgan fingerprint density at radius 1 is 0.963 bits per heavy atom. The SMILES string of the molecule is CC(NC(=O)COC(=O)c1ccc2c(c1)OCO2)c1ccc2c(c1)OCO2. The van der Waals surface area contributed by atoms with Crippen LogP contribution in [-0.2, 0) is 9.53 Å². The predicted octanol–water partition coefficient (Wildman–Crippen LogP) is 2.18. The van der Waals surface area contributed by atoms with Crippen molar-refractivity contribution in [3.05, 3.63) is 47.5 Å². The van der Waals surface area contributed by atoms with Gasteiger partial charge >= 0.3 is 5.97 Å². The maximum absolute atomic E-state index is 12.1. The molecule has 1 N–H and O–H groups in total. The molecule has 2 aromatic carbocycles. The van der Waals surface area contributed by atoms with E-state index in [4.69, 9.17) is 23.7 Å². The zero-order chi connectivity index (χ0) is 18.8. The van der Waals surface area contributed by atoms with Crippen molar-refractivity contribution in [3.63, 3.8) is 0 Å². The molecular weight excluding hydrogens is 354 g/mol. The molecule has 8 nitrogen and oxygen atoms in total. The van der Waals surface area contributed by atoms with Crippen LogP contribution in [0.15, 0.2) is 36.4 Å². The van der Waals surface area contributed by atoms with Crippen LogP contribution in [0.4, 0.5) is 0 Å². The van der Waals surface area contributed by atoms with Gasteiger partial charge < -0.3 is 29.0 Å². The van der Waals surface area contributed by atoms with Crippen LogP contribution in [-0.4, -0.2) is 32.1 Å². The standard InChI is InChI=1S/C19H17NO7/c1-11(12-2-4-14-16(6-12)26-9-24-14)20-18(21)8-23-19(22)13-3-5-15-17(7-13)27-10-25-15/h2-7,11H,8-10H2,1H3,(H,20,21). The Morgan fingerprint density at radius 2 is 1.59 bits per heavy atom. The number of benzene rings is 2. The third-order valence-corrected chi connectivity index (χ3v) is 4.22. The van der Waals surface area contributed by atoms with Gasteiger partial charge in [-0.1, -0.05) is 6.07 Å². The number of ether oxygens (including phenoxy) is 5. The molecule has 0 aliphatic carbocycles. The lowest BCUT2D eigenvalue weighted by atomic mass is 10.1. The molecule has 2 aromatic rings. The van der Waals surface area contributed by atoms with Crippen LogP contribution in [0.3, 0.4) is 0 Å². The Kier molecular flexibility index (Phi) is 4.45. The van der Waals surface area contributed by atoms with Gasteiger partial charge in [0, 0.05) is 0 Å². The van der Waals surface area contributed by atoms with E-state index in [0.29, 0.717) is 23.0 Å². The summed E-state index contributed by atoms with van der Waals surface area (Å²) < 4.78 is 26.1. The number of hydrogen-bond acceptors (Lipinski definition) is 7. The van der Waals surface area contributed by atoms with E-state index in [0.717, 1.165) is 5.56 Å².